The number of esters is 1. The van der Waals surface area contributed by atoms with E-state index < -0.39 is 0 Å². The molecule has 0 spiro atoms. The van der Waals surface area contributed by atoms with Gasteiger partial charge in [-0.3, -0.25) is 4.79 Å². The standard InChI is InChI=1S/C26H34O4/c1-2-3-4-5-6-7-8-9-10-11-12-13-14-15-16-17-18-19-26(29)30-25-21-23(27)20-24(28)22-25/h3-4,6-7,9-10,12-13,15-16,20-22,27-28H,2,5,8,11,14,17-19H2,1H3/b4-3-,7-6-,10-9-,13-12-,16-15-. The van der Waals surface area contributed by atoms with Crippen molar-refractivity contribution >= 4 is 5.97 Å². The topological polar surface area (TPSA) is 66.8 Å². The van der Waals surface area contributed by atoms with E-state index in [1.807, 2.05) is 0 Å². The van der Waals surface area contributed by atoms with E-state index in [1.54, 1.807) is 0 Å². The molecule has 0 unspecified atom stereocenters. The second-order valence-corrected chi connectivity index (χ2v) is 6.76. The Morgan fingerprint density at radius 2 is 1.23 bits per heavy atom. The molecule has 0 aliphatic rings. The molecule has 0 saturated carbocycles. The minimum absolute atomic E-state index is 0.142. The number of ether oxygens (including phenoxy) is 1. The van der Waals surface area contributed by atoms with Crippen LogP contribution in [0, 0.1) is 0 Å². The van der Waals surface area contributed by atoms with Crippen LogP contribution in [-0.4, -0.2) is 16.2 Å². The van der Waals surface area contributed by atoms with Gasteiger partial charge in [0.1, 0.15) is 17.2 Å². The third kappa shape index (κ3) is 14.1. The van der Waals surface area contributed by atoms with Gasteiger partial charge in [-0.05, 0) is 44.9 Å². The Hall–Kier alpha value is -3.01. The molecule has 1 aromatic carbocycles. The molecular weight excluding hydrogens is 376 g/mol. The maximum Gasteiger partial charge on any atom is 0.311 e. The second-order valence-electron chi connectivity index (χ2n) is 6.76. The number of hydrogen-bond donors (Lipinski definition) is 2. The van der Waals surface area contributed by atoms with Crippen molar-refractivity contribution in [3.63, 3.8) is 0 Å². The molecule has 0 atom stereocenters. The lowest BCUT2D eigenvalue weighted by Gasteiger charge is -2.04. The van der Waals surface area contributed by atoms with Crippen LogP contribution in [-0.2, 0) is 4.79 Å². The van der Waals surface area contributed by atoms with E-state index in [0.717, 1.165) is 38.5 Å². The van der Waals surface area contributed by atoms with Gasteiger partial charge in [0, 0.05) is 24.6 Å². The minimum atomic E-state index is -0.382. The van der Waals surface area contributed by atoms with Gasteiger partial charge in [0.25, 0.3) is 0 Å². The first-order valence-corrected chi connectivity index (χ1v) is 10.6. The maximum atomic E-state index is 11.8. The summed E-state index contributed by atoms with van der Waals surface area (Å²) in [7, 11) is 0. The van der Waals surface area contributed by atoms with Crippen LogP contribution in [0.25, 0.3) is 0 Å². The average Bonchev–Trinajstić information content (AvgIpc) is 2.69. The Kier molecular flexibility index (Phi) is 14.1. The number of carbonyl (C=O) groups is 1. The molecule has 1 aromatic rings. The Morgan fingerprint density at radius 3 is 1.73 bits per heavy atom. The summed E-state index contributed by atoms with van der Waals surface area (Å²) in [4.78, 5) is 11.8. The van der Waals surface area contributed by atoms with E-state index in [9.17, 15) is 15.0 Å². The van der Waals surface area contributed by atoms with Gasteiger partial charge in [0.05, 0.1) is 0 Å². The van der Waals surface area contributed by atoms with E-state index in [0.29, 0.717) is 6.42 Å². The molecule has 1 rings (SSSR count). The van der Waals surface area contributed by atoms with Crippen LogP contribution in [0.1, 0.15) is 58.3 Å². The van der Waals surface area contributed by atoms with E-state index in [2.05, 4.69) is 67.7 Å². The number of hydrogen-bond acceptors (Lipinski definition) is 4. The molecule has 0 aliphatic carbocycles. The monoisotopic (exact) mass is 410 g/mol. The Morgan fingerprint density at radius 1 is 0.767 bits per heavy atom. The summed E-state index contributed by atoms with van der Waals surface area (Å²) in [5.74, 6) is -0.520. The maximum absolute atomic E-state index is 11.8. The first kappa shape index (κ1) is 25.0. The zero-order valence-corrected chi connectivity index (χ0v) is 17.9. The first-order chi connectivity index (χ1) is 14.6. The molecule has 2 N–H and O–H groups in total. The molecule has 0 radical (unpaired) electrons. The van der Waals surface area contributed by atoms with Crippen LogP contribution in [0.4, 0.5) is 0 Å². The van der Waals surface area contributed by atoms with Crippen LogP contribution in [0.3, 0.4) is 0 Å². The Labute approximate surface area is 180 Å². The van der Waals surface area contributed by atoms with E-state index >= 15 is 0 Å². The third-order valence-electron chi connectivity index (χ3n) is 4.02. The van der Waals surface area contributed by atoms with Crippen molar-refractivity contribution in [1.82, 2.24) is 0 Å². The molecule has 0 aromatic heterocycles. The molecular formula is C26H34O4. The number of aromatic hydroxyl groups is 2. The van der Waals surface area contributed by atoms with Crippen molar-refractivity contribution in [2.45, 2.75) is 58.3 Å². The van der Waals surface area contributed by atoms with Crippen molar-refractivity contribution < 1.29 is 19.7 Å². The normalized spacial score (nSPS) is 12.3. The number of rotatable bonds is 14. The molecule has 0 aliphatic heterocycles. The summed E-state index contributed by atoms with van der Waals surface area (Å²) in [6.45, 7) is 2.14. The summed E-state index contributed by atoms with van der Waals surface area (Å²) in [5.41, 5.74) is 0. The summed E-state index contributed by atoms with van der Waals surface area (Å²) in [6.07, 6.45) is 28.2. The lowest BCUT2D eigenvalue weighted by atomic mass is 10.2. The minimum Gasteiger partial charge on any atom is -0.508 e. The molecule has 30 heavy (non-hydrogen) atoms. The second kappa shape index (κ2) is 16.9. The van der Waals surface area contributed by atoms with Crippen molar-refractivity contribution in [3.8, 4) is 17.2 Å². The number of carbonyl (C=O) groups excluding carboxylic acids is 1. The van der Waals surface area contributed by atoms with Crippen LogP contribution in [0.2, 0.25) is 0 Å². The van der Waals surface area contributed by atoms with Crippen LogP contribution < -0.4 is 4.74 Å². The summed E-state index contributed by atoms with van der Waals surface area (Å²) >= 11 is 0. The highest BCUT2D eigenvalue weighted by Crippen LogP contribution is 2.26. The predicted octanol–water partition coefficient (Wildman–Crippen LogP) is 6.92. The van der Waals surface area contributed by atoms with Crippen LogP contribution in [0.15, 0.2) is 79.0 Å². The van der Waals surface area contributed by atoms with Crippen LogP contribution >= 0.6 is 0 Å². The molecule has 0 fully saturated rings. The lowest BCUT2D eigenvalue weighted by molar-refractivity contribution is -0.134. The molecule has 0 amide bonds. The first-order valence-electron chi connectivity index (χ1n) is 10.6. The number of phenolic OH excluding ortho intramolecular Hbond substituents is 2. The highest BCUT2D eigenvalue weighted by atomic mass is 16.5. The third-order valence-corrected chi connectivity index (χ3v) is 4.02. The van der Waals surface area contributed by atoms with Gasteiger partial charge >= 0.3 is 5.97 Å². The molecule has 162 valence electrons. The fourth-order valence-corrected chi connectivity index (χ4v) is 2.54. The Bertz CT molecular complexity index is 734. The largest absolute Gasteiger partial charge is 0.508 e. The lowest BCUT2D eigenvalue weighted by Crippen LogP contribution is -2.07. The summed E-state index contributed by atoms with van der Waals surface area (Å²) < 4.78 is 5.10. The molecule has 0 bridgehead atoms. The molecule has 4 nitrogen and oxygen atoms in total. The summed E-state index contributed by atoms with van der Waals surface area (Å²) in [5, 5.41) is 18.7. The number of phenols is 2. The average molecular weight is 411 g/mol. The van der Waals surface area contributed by atoms with Crippen molar-refractivity contribution in [3.05, 3.63) is 79.0 Å². The smallest absolute Gasteiger partial charge is 0.311 e. The number of unbranched alkanes of at least 4 members (excludes halogenated alkanes) is 1. The van der Waals surface area contributed by atoms with Gasteiger partial charge in [-0.1, -0.05) is 67.7 Å². The quantitative estimate of drug-likeness (QED) is 0.151. The fourth-order valence-electron chi connectivity index (χ4n) is 2.54. The number of allylic oxidation sites excluding steroid dienone is 10. The van der Waals surface area contributed by atoms with E-state index in [-0.39, 0.29) is 29.6 Å². The number of benzene rings is 1. The SMILES string of the molecule is CC/C=C\C/C=C\C/C=C\C/C=C\C/C=C\CCCC(=O)Oc1cc(O)cc(O)c1. The highest BCUT2D eigenvalue weighted by molar-refractivity contribution is 5.72. The van der Waals surface area contributed by atoms with Gasteiger partial charge < -0.3 is 14.9 Å². The van der Waals surface area contributed by atoms with Crippen LogP contribution in [0.5, 0.6) is 17.2 Å². The van der Waals surface area contributed by atoms with Gasteiger partial charge in [-0.15, -0.1) is 0 Å². The van der Waals surface area contributed by atoms with Gasteiger partial charge in [0.2, 0.25) is 0 Å². The Balaban J connectivity index is 2.05. The molecule has 0 heterocycles. The zero-order chi connectivity index (χ0) is 21.9. The van der Waals surface area contributed by atoms with Crippen molar-refractivity contribution in [2.75, 3.05) is 0 Å². The van der Waals surface area contributed by atoms with Crippen molar-refractivity contribution in [2.24, 2.45) is 0 Å². The predicted molar refractivity (Wildman–Crippen MR) is 124 cm³/mol. The molecule has 4 heteroatoms. The fraction of sp³-hybridized carbons (Fsp3) is 0.346. The van der Waals surface area contributed by atoms with Crippen molar-refractivity contribution in [1.29, 1.82) is 0 Å². The summed E-state index contributed by atoms with van der Waals surface area (Å²) in [6, 6.07) is 3.77. The molecule has 0 saturated heterocycles. The van der Waals surface area contributed by atoms with Gasteiger partial charge in [-0.25, -0.2) is 0 Å². The van der Waals surface area contributed by atoms with Gasteiger partial charge in [-0.2, -0.15) is 0 Å². The van der Waals surface area contributed by atoms with E-state index in [1.165, 1.54) is 18.2 Å². The zero-order valence-electron chi connectivity index (χ0n) is 17.9. The van der Waals surface area contributed by atoms with Gasteiger partial charge in [0.15, 0.2) is 0 Å². The highest BCUT2D eigenvalue weighted by Gasteiger charge is 2.06. The van der Waals surface area contributed by atoms with E-state index in [4.69, 9.17) is 4.74 Å².